The van der Waals surface area contributed by atoms with Crippen molar-refractivity contribution in [3.05, 3.63) is 82.1 Å². The highest BCUT2D eigenvalue weighted by molar-refractivity contribution is 5.79. The third-order valence-electron chi connectivity index (χ3n) is 5.13. The average Bonchev–Trinajstić information content (AvgIpc) is 3.08. The molecule has 2 heterocycles. The zero-order chi connectivity index (χ0) is 16.5. The summed E-state index contributed by atoms with van der Waals surface area (Å²) in [6, 6.07) is 21.2. The maximum atomic E-state index is 12.7. The maximum Gasteiger partial charge on any atom is 0.255 e. The largest absolute Gasteiger partial charge is 0.311 e. The lowest BCUT2D eigenvalue weighted by molar-refractivity contribution is 0.247. The zero-order valence-corrected chi connectivity index (χ0v) is 14.0. The number of aromatic nitrogens is 1. The summed E-state index contributed by atoms with van der Waals surface area (Å²) in [6.45, 7) is 1.77. The van der Waals surface area contributed by atoms with Crippen molar-refractivity contribution in [2.24, 2.45) is 7.05 Å². The number of rotatable bonds is 3. The van der Waals surface area contributed by atoms with Gasteiger partial charge in [0.2, 0.25) is 0 Å². The molecule has 3 nitrogen and oxygen atoms in total. The van der Waals surface area contributed by atoms with E-state index in [4.69, 9.17) is 0 Å². The van der Waals surface area contributed by atoms with Crippen LogP contribution >= 0.6 is 0 Å². The molecule has 1 aromatic heterocycles. The Hall–Kier alpha value is -2.39. The topological polar surface area (TPSA) is 25.2 Å². The Morgan fingerprint density at radius 3 is 2.62 bits per heavy atom. The lowest BCUT2D eigenvalue weighted by Gasteiger charge is -2.25. The third-order valence-corrected chi connectivity index (χ3v) is 5.13. The van der Waals surface area contributed by atoms with E-state index in [1.165, 1.54) is 12.0 Å². The van der Waals surface area contributed by atoms with Crippen LogP contribution in [0.3, 0.4) is 0 Å². The smallest absolute Gasteiger partial charge is 0.255 e. The fourth-order valence-electron chi connectivity index (χ4n) is 3.89. The third kappa shape index (κ3) is 2.65. The van der Waals surface area contributed by atoms with E-state index in [1.807, 2.05) is 25.2 Å². The number of hydrogen-bond donors (Lipinski definition) is 0. The van der Waals surface area contributed by atoms with E-state index in [-0.39, 0.29) is 5.56 Å². The fourth-order valence-corrected chi connectivity index (χ4v) is 3.89. The molecule has 3 heteroatoms. The van der Waals surface area contributed by atoms with Gasteiger partial charge in [0.25, 0.3) is 5.56 Å². The maximum absolute atomic E-state index is 12.7. The van der Waals surface area contributed by atoms with Crippen LogP contribution in [0.25, 0.3) is 10.9 Å². The lowest BCUT2D eigenvalue weighted by atomic mass is 10.0. The van der Waals surface area contributed by atoms with E-state index in [1.54, 1.807) is 4.57 Å². The number of likely N-dealkylation sites (tertiary alicyclic amines) is 1. The molecule has 1 saturated heterocycles. The van der Waals surface area contributed by atoms with Crippen LogP contribution in [0, 0.1) is 0 Å². The zero-order valence-electron chi connectivity index (χ0n) is 14.0. The Morgan fingerprint density at radius 1 is 1.04 bits per heavy atom. The van der Waals surface area contributed by atoms with Crippen molar-refractivity contribution in [2.75, 3.05) is 6.54 Å². The molecule has 0 aliphatic carbocycles. The molecule has 0 radical (unpaired) electrons. The first-order valence-electron chi connectivity index (χ1n) is 8.61. The normalized spacial score (nSPS) is 18.3. The van der Waals surface area contributed by atoms with Gasteiger partial charge in [0.15, 0.2) is 0 Å². The second-order valence-corrected chi connectivity index (χ2v) is 6.63. The van der Waals surface area contributed by atoms with Crippen LogP contribution in [0.1, 0.15) is 30.0 Å². The van der Waals surface area contributed by atoms with E-state index in [2.05, 4.69) is 47.4 Å². The molecule has 1 fully saturated rings. The second kappa shape index (κ2) is 6.25. The SMILES string of the molecule is Cn1c(=O)c(CN2CCCC2c2ccccc2)cc2ccccc21. The van der Waals surface area contributed by atoms with Crippen LogP contribution in [0.2, 0.25) is 0 Å². The molecule has 4 rings (SSSR count). The van der Waals surface area contributed by atoms with Crippen molar-refractivity contribution in [3.8, 4) is 0 Å². The minimum Gasteiger partial charge on any atom is -0.311 e. The van der Waals surface area contributed by atoms with E-state index >= 15 is 0 Å². The Bertz CT molecular complexity index is 914. The van der Waals surface area contributed by atoms with Gasteiger partial charge in [-0.1, -0.05) is 48.5 Å². The summed E-state index contributed by atoms with van der Waals surface area (Å²) >= 11 is 0. The molecular weight excluding hydrogens is 296 g/mol. The lowest BCUT2D eigenvalue weighted by Crippen LogP contribution is -2.29. The molecule has 1 unspecified atom stereocenters. The second-order valence-electron chi connectivity index (χ2n) is 6.63. The van der Waals surface area contributed by atoms with Gasteiger partial charge < -0.3 is 4.57 Å². The minimum atomic E-state index is 0.118. The van der Waals surface area contributed by atoms with Crippen molar-refractivity contribution in [3.63, 3.8) is 0 Å². The molecule has 0 N–H and O–H groups in total. The predicted octanol–water partition coefficient (Wildman–Crippen LogP) is 3.88. The first kappa shape index (κ1) is 15.2. The Morgan fingerprint density at radius 2 is 1.79 bits per heavy atom. The van der Waals surface area contributed by atoms with Crippen LogP contribution in [-0.2, 0) is 13.6 Å². The van der Waals surface area contributed by atoms with Crippen molar-refractivity contribution in [1.82, 2.24) is 9.47 Å². The highest BCUT2D eigenvalue weighted by Gasteiger charge is 2.26. The van der Waals surface area contributed by atoms with Crippen molar-refractivity contribution >= 4 is 10.9 Å². The molecule has 0 spiro atoms. The summed E-state index contributed by atoms with van der Waals surface area (Å²) in [5.74, 6) is 0. The minimum absolute atomic E-state index is 0.118. The Labute approximate surface area is 142 Å². The van der Waals surface area contributed by atoms with Crippen molar-refractivity contribution in [2.45, 2.75) is 25.4 Å². The van der Waals surface area contributed by atoms with E-state index < -0.39 is 0 Å². The summed E-state index contributed by atoms with van der Waals surface area (Å²) in [5, 5.41) is 1.13. The predicted molar refractivity (Wildman–Crippen MR) is 98.0 cm³/mol. The number of pyridine rings is 1. The number of fused-ring (bicyclic) bond motifs is 1. The monoisotopic (exact) mass is 318 g/mol. The summed E-state index contributed by atoms with van der Waals surface area (Å²) in [7, 11) is 1.87. The standard InChI is InChI=1S/C21H22N2O/c1-22-19-11-6-5-10-17(19)14-18(21(22)24)15-23-13-7-12-20(23)16-8-3-2-4-9-16/h2-6,8-11,14,20H,7,12-13,15H2,1H3. The highest BCUT2D eigenvalue weighted by Crippen LogP contribution is 2.32. The molecule has 122 valence electrons. The van der Waals surface area contributed by atoms with E-state index in [0.717, 1.165) is 36.0 Å². The van der Waals surface area contributed by atoms with E-state index in [0.29, 0.717) is 6.04 Å². The van der Waals surface area contributed by atoms with Gasteiger partial charge in [-0.05, 0) is 42.5 Å². The molecule has 1 aliphatic rings. The molecule has 2 aromatic carbocycles. The summed E-state index contributed by atoms with van der Waals surface area (Å²) in [6.07, 6.45) is 2.35. The highest BCUT2D eigenvalue weighted by atomic mass is 16.1. The van der Waals surface area contributed by atoms with Gasteiger partial charge in [-0.3, -0.25) is 9.69 Å². The molecule has 3 aromatic rings. The van der Waals surface area contributed by atoms with E-state index in [9.17, 15) is 4.79 Å². The average molecular weight is 318 g/mol. The van der Waals surface area contributed by atoms with Gasteiger partial charge in [-0.25, -0.2) is 0 Å². The van der Waals surface area contributed by atoms with Crippen molar-refractivity contribution < 1.29 is 0 Å². The summed E-state index contributed by atoms with van der Waals surface area (Å²) in [4.78, 5) is 15.2. The van der Waals surface area contributed by atoms with Gasteiger partial charge in [-0.2, -0.15) is 0 Å². The van der Waals surface area contributed by atoms with Gasteiger partial charge in [-0.15, -0.1) is 0 Å². The van der Waals surface area contributed by atoms with Gasteiger partial charge >= 0.3 is 0 Å². The van der Waals surface area contributed by atoms with Crippen LogP contribution in [-0.4, -0.2) is 16.0 Å². The van der Waals surface area contributed by atoms with Crippen LogP contribution in [0.5, 0.6) is 0 Å². The number of aryl methyl sites for hydroxylation is 1. The molecule has 24 heavy (non-hydrogen) atoms. The first-order chi connectivity index (χ1) is 11.7. The number of para-hydroxylation sites is 1. The molecular formula is C21H22N2O. The van der Waals surface area contributed by atoms with Gasteiger partial charge in [0, 0.05) is 25.2 Å². The molecule has 1 atom stereocenters. The molecule has 0 saturated carbocycles. The van der Waals surface area contributed by atoms with Crippen LogP contribution in [0.4, 0.5) is 0 Å². The quantitative estimate of drug-likeness (QED) is 0.732. The summed E-state index contributed by atoms with van der Waals surface area (Å²) in [5.41, 5.74) is 3.35. The summed E-state index contributed by atoms with van der Waals surface area (Å²) < 4.78 is 1.78. The van der Waals surface area contributed by atoms with Gasteiger partial charge in [0.05, 0.1) is 5.52 Å². The number of benzene rings is 2. The van der Waals surface area contributed by atoms with Crippen LogP contribution in [0.15, 0.2) is 65.5 Å². The van der Waals surface area contributed by atoms with Gasteiger partial charge in [0.1, 0.15) is 0 Å². The van der Waals surface area contributed by atoms with Crippen LogP contribution < -0.4 is 5.56 Å². The molecule has 0 amide bonds. The van der Waals surface area contributed by atoms with Crippen molar-refractivity contribution in [1.29, 1.82) is 0 Å². The molecule has 0 bridgehead atoms. The first-order valence-corrected chi connectivity index (χ1v) is 8.61. The Balaban J connectivity index is 1.69. The number of nitrogens with zero attached hydrogens (tertiary/aromatic N) is 2. The number of hydrogen-bond acceptors (Lipinski definition) is 2. The fraction of sp³-hybridized carbons (Fsp3) is 0.286. The Kier molecular flexibility index (Phi) is 3.95. The molecule has 1 aliphatic heterocycles.